The van der Waals surface area contributed by atoms with Crippen LogP contribution in [0.5, 0.6) is 0 Å². The first-order chi connectivity index (χ1) is 14.0. The summed E-state index contributed by atoms with van der Waals surface area (Å²) >= 11 is 0. The van der Waals surface area contributed by atoms with Crippen LogP contribution in [0.25, 0.3) is 0 Å². The van der Waals surface area contributed by atoms with Gasteiger partial charge in [0.1, 0.15) is 12.0 Å². The van der Waals surface area contributed by atoms with Gasteiger partial charge in [0.2, 0.25) is 5.91 Å². The summed E-state index contributed by atoms with van der Waals surface area (Å²) in [5.74, 6) is 1.02. The molecule has 0 radical (unpaired) electrons. The molecule has 1 saturated heterocycles. The van der Waals surface area contributed by atoms with Crippen molar-refractivity contribution >= 4 is 11.7 Å². The van der Waals surface area contributed by atoms with Crippen LogP contribution >= 0.6 is 0 Å². The Morgan fingerprint density at radius 2 is 2.14 bits per heavy atom. The molecule has 29 heavy (non-hydrogen) atoms. The molecule has 0 spiro atoms. The van der Waals surface area contributed by atoms with E-state index in [1.54, 1.807) is 0 Å². The summed E-state index contributed by atoms with van der Waals surface area (Å²) in [5.41, 5.74) is 10.9. The first-order valence-electron chi connectivity index (χ1n) is 10.7. The van der Waals surface area contributed by atoms with E-state index in [1.807, 2.05) is 6.92 Å². The fourth-order valence-electron chi connectivity index (χ4n) is 4.18. The second kappa shape index (κ2) is 8.06. The van der Waals surface area contributed by atoms with Gasteiger partial charge in [-0.1, -0.05) is 25.1 Å². The van der Waals surface area contributed by atoms with E-state index in [2.05, 4.69) is 82.5 Å². The summed E-state index contributed by atoms with van der Waals surface area (Å²) in [4.78, 5) is 14.3. The van der Waals surface area contributed by atoms with Crippen LogP contribution in [0.15, 0.2) is 35.7 Å². The second-order valence-electron chi connectivity index (χ2n) is 8.42. The number of carbonyl (C=O) groups is 1. The van der Waals surface area contributed by atoms with Crippen molar-refractivity contribution in [3.8, 4) is 0 Å². The average Bonchev–Trinajstić information content (AvgIpc) is 3.32. The summed E-state index contributed by atoms with van der Waals surface area (Å²) in [6.45, 7) is 8.42. The van der Waals surface area contributed by atoms with Crippen molar-refractivity contribution in [2.75, 3.05) is 0 Å². The zero-order chi connectivity index (χ0) is 20.5. The molecule has 3 aliphatic rings. The topological polar surface area (TPSA) is 72.0 Å². The Labute approximate surface area is 173 Å². The Morgan fingerprint density at radius 1 is 1.31 bits per heavy atom. The average molecular weight is 397 g/mol. The van der Waals surface area contributed by atoms with E-state index >= 15 is 0 Å². The lowest BCUT2D eigenvalue weighted by Crippen LogP contribution is -2.54. The quantitative estimate of drug-likeness (QED) is 0.690. The summed E-state index contributed by atoms with van der Waals surface area (Å²) in [6.07, 6.45) is 7.27. The molecule has 3 heterocycles. The molecule has 0 aliphatic carbocycles. The van der Waals surface area contributed by atoms with Crippen molar-refractivity contribution in [1.29, 1.82) is 0 Å². The Bertz CT molecular complexity index is 835. The SMILES string of the molecule is CC[C@@H](C)NC(=O)CCC1=NNC2C3CC(c4ccc(C)c(C)c4)NN3C=CN12. The molecule has 1 aromatic rings. The minimum Gasteiger partial charge on any atom is -0.354 e. The fraction of sp³-hybridized carbons (Fsp3) is 0.545. The molecule has 1 amide bonds. The summed E-state index contributed by atoms with van der Waals surface area (Å²) in [5, 5.41) is 9.76. The number of rotatable bonds is 6. The van der Waals surface area contributed by atoms with Gasteiger partial charge in [-0.3, -0.25) is 10.2 Å². The molecule has 3 aliphatic heterocycles. The minimum atomic E-state index is 0.0884. The Kier molecular flexibility index (Phi) is 5.50. The molecule has 1 fully saturated rings. The largest absolute Gasteiger partial charge is 0.354 e. The van der Waals surface area contributed by atoms with Crippen LogP contribution in [-0.4, -0.2) is 39.9 Å². The highest BCUT2D eigenvalue weighted by molar-refractivity contribution is 5.89. The van der Waals surface area contributed by atoms with Crippen LogP contribution in [0.3, 0.4) is 0 Å². The molecule has 7 nitrogen and oxygen atoms in total. The van der Waals surface area contributed by atoms with Crippen molar-refractivity contribution in [2.45, 2.75) is 77.7 Å². The molecule has 4 rings (SSSR count). The van der Waals surface area contributed by atoms with Crippen molar-refractivity contribution in [2.24, 2.45) is 5.10 Å². The lowest BCUT2D eigenvalue weighted by Gasteiger charge is -2.37. The number of hydrazone groups is 1. The maximum Gasteiger partial charge on any atom is 0.220 e. The van der Waals surface area contributed by atoms with Crippen LogP contribution in [0, 0.1) is 13.8 Å². The molecule has 0 saturated carbocycles. The van der Waals surface area contributed by atoms with Crippen molar-refractivity contribution in [3.63, 3.8) is 0 Å². The smallest absolute Gasteiger partial charge is 0.220 e. The van der Waals surface area contributed by atoms with E-state index in [0.29, 0.717) is 12.8 Å². The highest BCUT2D eigenvalue weighted by atomic mass is 16.1. The molecule has 3 N–H and O–H groups in total. The van der Waals surface area contributed by atoms with E-state index in [4.69, 9.17) is 0 Å². The molecule has 4 atom stereocenters. The highest BCUT2D eigenvalue weighted by Gasteiger charge is 2.44. The van der Waals surface area contributed by atoms with E-state index in [9.17, 15) is 4.79 Å². The molecule has 1 aromatic carbocycles. The zero-order valence-electron chi connectivity index (χ0n) is 17.8. The van der Waals surface area contributed by atoms with E-state index in [0.717, 1.165) is 18.7 Å². The van der Waals surface area contributed by atoms with E-state index in [1.165, 1.54) is 16.7 Å². The monoisotopic (exact) mass is 396 g/mol. The third kappa shape index (κ3) is 3.96. The van der Waals surface area contributed by atoms with Gasteiger partial charge in [-0.05, 0) is 50.3 Å². The normalized spacial score (nSPS) is 25.9. The van der Waals surface area contributed by atoms with Gasteiger partial charge in [0.25, 0.3) is 0 Å². The molecule has 3 unspecified atom stereocenters. The molecule has 0 aromatic heterocycles. The minimum absolute atomic E-state index is 0.0884. The molecule has 156 valence electrons. The maximum absolute atomic E-state index is 12.1. The molecule has 0 bridgehead atoms. The number of nitrogens with zero attached hydrogens (tertiary/aromatic N) is 3. The third-order valence-corrected chi connectivity index (χ3v) is 6.34. The highest BCUT2D eigenvalue weighted by Crippen LogP contribution is 2.34. The van der Waals surface area contributed by atoms with Gasteiger partial charge < -0.3 is 15.2 Å². The second-order valence-corrected chi connectivity index (χ2v) is 8.42. The molecular weight excluding hydrogens is 364 g/mol. The van der Waals surface area contributed by atoms with Gasteiger partial charge >= 0.3 is 0 Å². The lowest BCUT2D eigenvalue weighted by atomic mass is 9.97. The lowest BCUT2D eigenvalue weighted by molar-refractivity contribution is -0.121. The number of nitrogens with one attached hydrogen (secondary N) is 3. The van der Waals surface area contributed by atoms with Crippen molar-refractivity contribution in [3.05, 3.63) is 47.3 Å². The first kappa shape index (κ1) is 19.8. The number of hydrogen-bond acceptors (Lipinski definition) is 6. The number of benzene rings is 1. The molecule has 7 heteroatoms. The predicted molar refractivity (Wildman–Crippen MR) is 115 cm³/mol. The summed E-state index contributed by atoms with van der Waals surface area (Å²) in [6, 6.07) is 7.49. The Morgan fingerprint density at radius 3 is 2.90 bits per heavy atom. The summed E-state index contributed by atoms with van der Waals surface area (Å²) < 4.78 is 0. The standard InChI is InChI=1S/C22H32N6O/c1-5-16(4)23-21(29)9-8-20-24-25-22-19-13-18(26-28(19)11-10-27(20)22)17-7-6-14(2)15(3)12-17/h6-7,10-12,16,18-19,22,25-26H,5,8-9,13H2,1-4H3,(H,23,29)/t16-,18?,19?,22?/m1/s1. The van der Waals surface area contributed by atoms with Crippen LogP contribution in [-0.2, 0) is 4.79 Å². The van der Waals surface area contributed by atoms with Gasteiger partial charge in [-0.15, -0.1) is 0 Å². The van der Waals surface area contributed by atoms with Crippen LogP contribution in [0.4, 0.5) is 0 Å². The Hall–Kier alpha value is -2.54. The van der Waals surface area contributed by atoms with Gasteiger partial charge in [0.15, 0.2) is 0 Å². The number of amidine groups is 1. The van der Waals surface area contributed by atoms with Crippen LogP contribution in [0.2, 0.25) is 0 Å². The van der Waals surface area contributed by atoms with Gasteiger partial charge in [-0.25, -0.2) is 5.43 Å². The fourth-order valence-corrected chi connectivity index (χ4v) is 4.18. The number of carbonyl (C=O) groups excluding carboxylic acids is 1. The Balaban J connectivity index is 1.37. The molecular formula is C22H32N6O. The van der Waals surface area contributed by atoms with E-state index in [-0.39, 0.29) is 30.2 Å². The van der Waals surface area contributed by atoms with Crippen LogP contribution < -0.4 is 16.2 Å². The third-order valence-electron chi connectivity index (χ3n) is 6.34. The van der Waals surface area contributed by atoms with Gasteiger partial charge in [-0.2, -0.15) is 5.10 Å². The number of hydrogen-bond donors (Lipinski definition) is 3. The van der Waals surface area contributed by atoms with Gasteiger partial charge in [0.05, 0.1) is 12.1 Å². The van der Waals surface area contributed by atoms with E-state index < -0.39 is 0 Å². The van der Waals surface area contributed by atoms with Crippen molar-refractivity contribution < 1.29 is 4.79 Å². The number of amides is 1. The summed E-state index contributed by atoms with van der Waals surface area (Å²) in [7, 11) is 0. The van der Waals surface area contributed by atoms with Crippen LogP contribution in [0.1, 0.15) is 62.3 Å². The zero-order valence-corrected chi connectivity index (χ0v) is 17.8. The maximum atomic E-state index is 12.1. The first-order valence-corrected chi connectivity index (χ1v) is 10.7. The number of aryl methyl sites for hydroxylation is 2. The van der Waals surface area contributed by atoms with Crippen molar-refractivity contribution in [1.82, 2.24) is 26.1 Å². The number of hydrazine groups is 1. The van der Waals surface area contributed by atoms with Gasteiger partial charge in [0, 0.05) is 31.3 Å². The predicted octanol–water partition coefficient (Wildman–Crippen LogP) is 2.65. The number of fused-ring (bicyclic) bond motifs is 3.